The molecule has 3 aliphatic rings. The molecule has 2 aromatic rings. The predicted molar refractivity (Wildman–Crippen MR) is 137 cm³/mol. The fourth-order valence-electron chi connectivity index (χ4n) is 6.50. The van der Waals surface area contributed by atoms with Crippen molar-refractivity contribution in [1.29, 1.82) is 0 Å². The van der Waals surface area contributed by atoms with E-state index in [4.69, 9.17) is 5.73 Å². The number of pyridine rings is 1. The molecular weight excluding hydrogens is 490 g/mol. The first-order chi connectivity index (χ1) is 17.8. The number of phenols is 1. The molecule has 1 amide bonds. The summed E-state index contributed by atoms with van der Waals surface area (Å²) in [6, 6.07) is 5.81. The van der Waals surface area contributed by atoms with Gasteiger partial charge in [0.15, 0.2) is 11.4 Å². The van der Waals surface area contributed by atoms with Gasteiger partial charge in [-0.25, -0.2) is 0 Å². The number of aliphatic hydroxyl groups is 3. The van der Waals surface area contributed by atoms with E-state index in [0.717, 1.165) is 22.5 Å². The topological polar surface area (TPSA) is 174 Å². The van der Waals surface area contributed by atoms with Gasteiger partial charge < -0.3 is 26.2 Å². The number of hydrogen-bond acceptors (Lipinski definition) is 9. The summed E-state index contributed by atoms with van der Waals surface area (Å²) in [5.74, 6) is -6.69. The summed E-state index contributed by atoms with van der Waals surface area (Å²) in [6.45, 7) is 3.72. The lowest BCUT2D eigenvalue weighted by Gasteiger charge is -2.50. The van der Waals surface area contributed by atoms with E-state index in [9.17, 15) is 34.8 Å². The third kappa shape index (κ3) is 3.40. The predicted octanol–water partition coefficient (Wildman–Crippen LogP) is 1.64. The van der Waals surface area contributed by atoms with E-state index < -0.39 is 58.0 Å². The summed E-state index contributed by atoms with van der Waals surface area (Å²) in [4.78, 5) is 45.1. The molecule has 1 aromatic carbocycles. The van der Waals surface area contributed by atoms with Gasteiger partial charge in [0.1, 0.15) is 22.8 Å². The minimum atomic E-state index is -2.66. The van der Waals surface area contributed by atoms with Crippen molar-refractivity contribution in [2.75, 3.05) is 14.1 Å². The summed E-state index contributed by atoms with van der Waals surface area (Å²) in [5.41, 5.74) is 5.51. The minimum Gasteiger partial charge on any atom is -0.508 e. The van der Waals surface area contributed by atoms with E-state index in [2.05, 4.69) is 4.98 Å². The number of amides is 1. The lowest BCUT2D eigenvalue weighted by Crippen LogP contribution is -2.65. The number of likely N-dealkylation sites (N-methyl/N-ethyl adjacent to an activating group) is 1. The second kappa shape index (κ2) is 8.50. The van der Waals surface area contributed by atoms with Crippen molar-refractivity contribution >= 4 is 23.2 Å². The van der Waals surface area contributed by atoms with Crippen molar-refractivity contribution in [2.24, 2.45) is 17.6 Å². The zero-order valence-electron chi connectivity index (χ0n) is 21.4. The van der Waals surface area contributed by atoms with Gasteiger partial charge in [0.05, 0.1) is 11.6 Å². The Hall–Kier alpha value is -4.02. The molecule has 1 aromatic heterocycles. The molecule has 6 N–H and O–H groups in total. The number of aromatic hydroxyl groups is 1. The lowest BCUT2D eigenvalue weighted by molar-refractivity contribution is -0.153. The largest absolute Gasteiger partial charge is 0.508 e. The van der Waals surface area contributed by atoms with Crippen LogP contribution in [0.5, 0.6) is 5.75 Å². The highest BCUT2D eigenvalue weighted by Gasteiger charge is 2.64. The normalized spacial score (nSPS) is 26.8. The third-order valence-corrected chi connectivity index (χ3v) is 8.00. The van der Waals surface area contributed by atoms with Crippen LogP contribution in [0, 0.1) is 25.7 Å². The number of nitrogens with zero attached hydrogens (tertiary/aromatic N) is 2. The molecular formula is C28H29N3O7. The van der Waals surface area contributed by atoms with Gasteiger partial charge in [0.25, 0.3) is 5.91 Å². The monoisotopic (exact) mass is 519 g/mol. The van der Waals surface area contributed by atoms with Crippen LogP contribution in [-0.4, -0.2) is 73.5 Å². The quantitative estimate of drug-likeness (QED) is 0.378. The van der Waals surface area contributed by atoms with Crippen molar-refractivity contribution in [2.45, 2.75) is 38.3 Å². The maximum atomic E-state index is 13.9. The molecule has 1 unspecified atom stereocenters. The number of carbonyl (C=O) groups excluding carboxylic acids is 3. The van der Waals surface area contributed by atoms with Gasteiger partial charge in [0, 0.05) is 22.9 Å². The first-order valence-corrected chi connectivity index (χ1v) is 12.2. The molecule has 0 aliphatic heterocycles. The van der Waals surface area contributed by atoms with E-state index in [1.165, 1.54) is 11.0 Å². The molecule has 1 fully saturated rings. The maximum Gasteiger partial charge on any atom is 0.255 e. The highest BCUT2D eigenvalue weighted by atomic mass is 16.3. The first-order valence-electron chi connectivity index (χ1n) is 12.2. The molecule has 0 saturated heterocycles. The van der Waals surface area contributed by atoms with Crippen LogP contribution in [0.2, 0.25) is 0 Å². The van der Waals surface area contributed by atoms with Crippen LogP contribution in [0.25, 0.3) is 16.9 Å². The summed E-state index contributed by atoms with van der Waals surface area (Å²) in [5, 5.41) is 44.7. The van der Waals surface area contributed by atoms with Gasteiger partial charge in [0.2, 0.25) is 5.78 Å². The number of hydrogen-bond donors (Lipinski definition) is 5. The van der Waals surface area contributed by atoms with Crippen molar-refractivity contribution in [1.82, 2.24) is 9.88 Å². The van der Waals surface area contributed by atoms with Gasteiger partial charge in [-0.1, -0.05) is 6.07 Å². The van der Waals surface area contributed by atoms with Gasteiger partial charge in [-0.05, 0) is 81.6 Å². The number of nitrogens with two attached hydrogens (primary N) is 1. The third-order valence-electron chi connectivity index (χ3n) is 8.00. The molecule has 0 radical (unpaired) electrons. The number of fused-ring (bicyclic) bond motifs is 3. The summed E-state index contributed by atoms with van der Waals surface area (Å²) >= 11 is 0. The Bertz CT molecular complexity index is 1490. The van der Waals surface area contributed by atoms with Crippen LogP contribution in [0.15, 0.2) is 41.2 Å². The average Bonchev–Trinajstić information content (AvgIpc) is 2.80. The number of phenolic OH excluding ortho intramolecular Hbond substituents is 1. The number of aromatic nitrogens is 1. The SMILES string of the molecule is Cc1cc(-c2ccc(O)c3c2C[C@H]2C[C@H]4C(N(C)C)C(=O)C(C(N)=O)=C(O)[C@@]4(O)C(=O)C2=C3O)cc(C)n1. The number of rotatable bonds is 3. The van der Waals surface area contributed by atoms with Crippen molar-refractivity contribution in [3.8, 4) is 16.9 Å². The minimum absolute atomic E-state index is 0.0370. The number of benzene rings is 1. The van der Waals surface area contributed by atoms with Crippen LogP contribution < -0.4 is 5.73 Å². The highest BCUT2D eigenvalue weighted by molar-refractivity contribution is 6.24. The molecule has 10 heteroatoms. The molecule has 4 atom stereocenters. The first kappa shape index (κ1) is 25.6. The molecule has 38 heavy (non-hydrogen) atoms. The molecule has 198 valence electrons. The van der Waals surface area contributed by atoms with Crippen LogP contribution in [0.4, 0.5) is 0 Å². The second-order valence-electron chi connectivity index (χ2n) is 10.6. The van der Waals surface area contributed by atoms with Crippen molar-refractivity contribution in [3.05, 3.63) is 63.7 Å². The van der Waals surface area contributed by atoms with E-state index >= 15 is 0 Å². The summed E-state index contributed by atoms with van der Waals surface area (Å²) in [6.07, 6.45) is 0.258. The summed E-state index contributed by atoms with van der Waals surface area (Å²) in [7, 11) is 3.13. The molecule has 10 nitrogen and oxygen atoms in total. The van der Waals surface area contributed by atoms with E-state index in [1.54, 1.807) is 20.2 Å². The van der Waals surface area contributed by atoms with Crippen LogP contribution >= 0.6 is 0 Å². The Morgan fingerprint density at radius 1 is 1.11 bits per heavy atom. The Labute approximate surface area is 218 Å². The van der Waals surface area contributed by atoms with Crippen molar-refractivity contribution < 1.29 is 34.8 Å². The molecule has 0 spiro atoms. The number of aliphatic hydroxyl groups excluding tert-OH is 2. The zero-order chi connectivity index (χ0) is 27.8. The van der Waals surface area contributed by atoms with Crippen LogP contribution in [0.1, 0.15) is 28.9 Å². The smallest absolute Gasteiger partial charge is 0.255 e. The lowest BCUT2D eigenvalue weighted by atomic mass is 9.57. The van der Waals surface area contributed by atoms with E-state index in [1.807, 2.05) is 26.0 Å². The fourth-order valence-corrected chi connectivity index (χ4v) is 6.50. The number of primary amides is 1. The average molecular weight is 520 g/mol. The van der Waals surface area contributed by atoms with Crippen LogP contribution in [-0.2, 0) is 20.8 Å². The van der Waals surface area contributed by atoms with Gasteiger partial charge in [-0.15, -0.1) is 0 Å². The second-order valence-corrected chi connectivity index (χ2v) is 10.6. The standard InChI is InChI=1S/C28H29N3O7/c1-11-7-13(8-12(2)30-11)15-5-6-18(32)20-16(15)9-14-10-17-22(31(3)4)24(34)21(27(29)37)26(36)28(17,38)25(35)19(14)23(20)33/h5-8,14,17,22,32-33,36,38H,9-10H2,1-4H3,(H2,29,37)/t14-,17-,22?,28-/m0/s1. The molecule has 1 saturated carbocycles. The molecule has 5 rings (SSSR count). The number of Topliss-reactive ketones (excluding diaryl/α,β-unsaturated/α-hetero) is 2. The van der Waals surface area contributed by atoms with Gasteiger partial charge in [-0.2, -0.15) is 0 Å². The molecule has 1 heterocycles. The van der Waals surface area contributed by atoms with E-state index in [0.29, 0.717) is 5.56 Å². The number of aryl methyl sites for hydroxylation is 2. The van der Waals surface area contributed by atoms with Crippen molar-refractivity contribution in [3.63, 3.8) is 0 Å². The van der Waals surface area contributed by atoms with Crippen LogP contribution in [0.3, 0.4) is 0 Å². The zero-order valence-corrected chi connectivity index (χ0v) is 21.4. The Morgan fingerprint density at radius 2 is 1.74 bits per heavy atom. The van der Waals surface area contributed by atoms with E-state index in [-0.39, 0.29) is 29.7 Å². The van der Waals surface area contributed by atoms with Gasteiger partial charge >= 0.3 is 0 Å². The highest BCUT2D eigenvalue weighted by Crippen LogP contribution is 2.53. The fraction of sp³-hybridized carbons (Fsp3) is 0.357. The molecule has 3 aliphatic carbocycles. The number of carbonyl (C=O) groups is 3. The molecule has 0 bridgehead atoms. The Kier molecular flexibility index (Phi) is 5.73. The number of ketones is 2. The van der Waals surface area contributed by atoms with Gasteiger partial charge in [-0.3, -0.25) is 24.3 Å². The summed E-state index contributed by atoms with van der Waals surface area (Å²) < 4.78 is 0. The Balaban J connectivity index is 1.75. The Morgan fingerprint density at radius 3 is 2.32 bits per heavy atom. The maximum absolute atomic E-state index is 13.9.